The molecule has 0 radical (unpaired) electrons. The summed E-state index contributed by atoms with van der Waals surface area (Å²) in [6.45, 7) is 10.5. The van der Waals surface area contributed by atoms with E-state index in [1.807, 2.05) is 34.6 Å². The fraction of sp³-hybridized carbons (Fsp3) is 0.625. The maximum atomic E-state index is 13.0. The molecule has 0 aliphatic rings. The first-order chi connectivity index (χ1) is 9.73. The van der Waals surface area contributed by atoms with Crippen LogP contribution < -0.4 is 5.73 Å². The van der Waals surface area contributed by atoms with Gasteiger partial charge in [-0.05, 0) is 49.4 Å². The maximum Gasteiger partial charge on any atom is 0.243 e. The third-order valence-electron chi connectivity index (χ3n) is 3.74. The minimum Gasteiger partial charge on any atom is -0.399 e. The molecule has 21 heavy (non-hydrogen) atoms. The molecule has 0 aliphatic heterocycles. The van der Waals surface area contributed by atoms with Gasteiger partial charge in [0.05, 0.1) is 4.90 Å². The lowest BCUT2D eigenvalue weighted by atomic mass is 10.1. The van der Waals surface area contributed by atoms with Crippen LogP contribution >= 0.6 is 0 Å². The molecule has 0 amide bonds. The summed E-state index contributed by atoms with van der Waals surface area (Å²) in [5.74, 6) is 0.287. The molecule has 0 fully saturated rings. The number of benzene rings is 1. The largest absolute Gasteiger partial charge is 0.399 e. The van der Waals surface area contributed by atoms with Crippen LogP contribution in [0.1, 0.15) is 46.1 Å². The van der Waals surface area contributed by atoms with Crippen LogP contribution in [0.25, 0.3) is 0 Å². The third kappa shape index (κ3) is 4.20. The number of anilines is 1. The number of nitrogens with two attached hydrogens (primary N) is 1. The molecule has 2 N–H and O–H groups in total. The maximum absolute atomic E-state index is 13.0. The van der Waals surface area contributed by atoms with Gasteiger partial charge in [-0.25, -0.2) is 8.42 Å². The Morgan fingerprint density at radius 1 is 1.19 bits per heavy atom. The Bertz CT molecular complexity index is 564. The monoisotopic (exact) mass is 312 g/mol. The van der Waals surface area contributed by atoms with Crippen molar-refractivity contribution in [3.8, 4) is 0 Å². The normalized spacial score (nSPS) is 12.6. The van der Waals surface area contributed by atoms with Gasteiger partial charge in [-0.3, -0.25) is 0 Å². The van der Waals surface area contributed by atoms with Crippen molar-refractivity contribution in [1.82, 2.24) is 4.31 Å². The van der Waals surface area contributed by atoms with Gasteiger partial charge in [0.2, 0.25) is 10.0 Å². The predicted octanol–water partition coefficient (Wildman–Crippen LogP) is 3.41. The lowest BCUT2D eigenvalue weighted by Gasteiger charge is -2.31. The van der Waals surface area contributed by atoms with Gasteiger partial charge < -0.3 is 5.73 Å². The van der Waals surface area contributed by atoms with Gasteiger partial charge in [0.1, 0.15) is 0 Å². The molecule has 0 unspecified atom stereocenters. The molecule has 1 aromatic rings. The van der Waals surface area contributed by atoms with E-state index < -0.39 is 10.0 Å². The van der Waals surface area contributed by atoms with E-state index in [0.29, 0.717) is 17.1 Å². The van der Waals surface area contributed by atoms with Crippen molar-refractivity contribution in [1.29, 1.82) is 0 Å². The lowest BCUT2D eigenvalue weighted by molar-refractivity contribution is 0.277. The fourth-order valence-electron chi connectivity index (χ4n) is 2.44. The molecule has 1 rings (SSSR count). The zero-order valence-corrected chi connectivity index (χ0v) is 14.6. The second-order valence-corrected chi connectivity index (χ2v) is 7.85. The summed E-state index contributed by atoms with van der Waals surface area (Å²) in [7, 11) is -3.48. The summed E-state index contributed by atoms with van der Waals surface area (Å²) < 4.78 is 27.6. The summed E-state index contributed by atoms with van der Waals surface area (Å²) >= 11 is 0. The molecule has 1 aromatic carbocycles. The Morgan fingerprint density at radius 2 is 1.76 bits per heavy atom. The van der Waals surface area contributed by atoms with Crippen LogP contribution in [-0.4, -0.2) is 25.3 Å². The van der Waals surface area contributed by atoms with E-state index in [4.69, 9.17) is 5.73 Å². The van der Waals surface area contributed by atoms with Crippen molar-refractivity contribution in [3.63, 3.8) is 0 Å². The molecule has 0 saturated heterocycles. The van der Waals surface area contributed by atoms with Crippen LogP contribution in [0.4, 0.5) is 5.69 Å². The third-order valence-corrected chi connectivity index (χ3v) is 5.66. The summed E-state index contributed by atoms with van der Waals surface area (Å²) in [4.78, 5) is 0.335. The molecule has 5 heteroatoms. The Balaban J connectivity index is 3.28. The Kier molecular flexibility index (Phi) is 6.23. The second kappa shape index (κ2) is 7.27. The molecule has 4 nitrogen and oxygen atoms in total. The van der Waals surface area contributed by atoms with E-state index in [-0.39, 0.29) is 12.0 Å². The zero-order valence-electron chi connectivity index (χ0n) is 13.8. The highest BCUT2D eigenvalue weighted by Gasteiger charge is 2.30. The minimum atomic E-state index is -3.48. The van der Waals surface area contributed by atoms with E-state index in [2.05, 4.69) is 0 Å². The Morgan fingerprint density at radius 3 is 2.19 bits per heavy atom. The van der Waals surface area contributed by atoms with Crippen LogP contribution in [0.5, 0.6) is 0 Å². The van der Waals surface area contributed by atoms with E-state index in [1.165, 1.54) is 0 Å². The number of sulfonamides is 1. The predicted molar refractivity (Wildman–Crippen MR) is 88.7 cm³/mol. The van der Waals surface area contributed by atoms with E-state index in [0.717, 1.165) is 18.4 Å². The average Bonchev–Trinajstić information content (AvgIpc) is 2.41. The van der Waals surface area contributed by atoms with Gasteiger partial charge in [0.15, 0.2) is 0 Å². The first-order valence-electron chi connectivity index (χ1n) is 7.61. The van der Waals surface area contributed by atoms with Crippen molar-refractivity contribution in [2.45, 2.75) is 58.4 Å². The number of hydrogen-bond acceptors (Lipinski definition) is 3. The van der Waals surface area contributed by atoms with Crippen molar-refractivity contribution in [3.05, 3.63) is 23.8 Å². The summed E-state index contributed by atoms with van der Waals surface area (Å²) in [5.41, 5.74) is 7.21. The van der Waals surface area contributed by atoms with Gasteiger partial charge in [-0.15, -0.1) is 0 Å². The molecule has 0 aromatic heterocycles. The molecule has 0 bridgehead atoms. The number of nitrogen functional groups attached to an aromatic ring is 1. The number of rotatable bonds is 7. The topological polar surface area (TPSA) is 63.4 Å². The highest BCUT2D eigenvalue weighted by Crippen LogP contribution is 2.25. The number of hydrogen-bond donors (Lipinski definition) is 1. The SMILES string of the molecule is CCC(CC)N(CC(C)C)S(=O)(=O)c1ccc(N)c(C)c1. The highest BCUT2D eigenvalue weighted by molar-refractivity contribution is 7.89. The molecular formula is C16H28N2O2S. The van der Waals surface area contributed by atoms with Crippen molar-refractivity contribution < 1.29 is 8.42 Å². The van der Waals surface area contributed by atoms with Crippen LogP contribution in [0.15, 0.2) is 23.1 Å². The zero-order chi connectivity index (χ0) is 16.2. The summed E-state index contributed by atoms with van der Waals surface area (Å²) in [6, 6.07) is 4.98. The van der Waals surface area contributed by atoms with Crippen molar-refractivity contribution in [2.75, 3.05) is 12.3 Å². The van der Waals surface area contributed by atoms with E-state index >= 15 is 0 Å². The fourth-order valence-corrected chi connectivity index (χ4v) is 4.46. The summed E-state index contributed by atoms with van der Waals surface area (Å²) in [5, 5.41) is 0. The first-order valence-corrected chi connectivity index (χ1v) is 9.05. The van der Waals surface area contributed by atoms with Crippen molar-refractivity contribution >= 4 is 15.7 Å². The smallest absolute Gasteiger partial charge is 0.243 e. The first kappa shape index (κ1) is 18.0. The summed E-state index contributed by atoms with van der Waals surface area (Å²) in [6.07, 6.45) is 1.63. The van der Waals surface area contributed by atoms with Crippen LogP contribution in [0.3, 0.4) is 0 Å². The second-order valence-electron chi connectivity index (χ2n) is 5.96. The van der Waals surface area contributed by atoms with Crippen LogP contribution in [0, 0.1) is 12.8 Å². The number of nitrogens with zero attached hydrogens (tertiary/aromatic N) is 1. The standard InChI is InChI=1S/C16H28N2O2S/c1-6-14(7-2)18(11-12(3)4)21(19,20)15-8-9-16(17)13(5)10-15/h8-10,12,14H,6-7,11,17H2,1-5H3. The highest BCUT2D eigenvalue weighted by atomic mass is 32.2. The molecule has 0 saturated carbocycles. The van der Waals surface area contributed by atoms with Gasteiger partial charge in [-0.1, -0.05) is 27.7 Å². The minimum absolute atomic E-state index is 0.0373. The molecule has 0 atom stereocenters. The van der Waals surface area contributed by atoms with E-state index in [1.54, 1.807) is 22.5 Å². The van der Waals surface area contributed by atoms with Gasteiger partial charge >= 0.3 is 0 Å². The quantitative estimate of drug-likeness (QED) is 0.785. The Hall–Kier alpha value is -1.07. The van der Waals surface area contributed by atoms with Gasteiger partial charge in [-0.2, -0.15) is 4.31 Å². The lowest BCUT2D eigenvalue weighted by Crippen LogP contribution is -2.42. The molecule has 0 aliphatic carbocycles. The number of aryl methyl sites for hydroxylation is 1. The Labute approximate surface area is 129 Å². The van der Waals surface area contributed by atoms with Crippen LogP contribution in [-0.2, 0) is 10.0 Å². The average molecular weight is 312 g/mol. The molecule has 120 valence electrons. The molecule has 0 spiro atoms. The van der Waals surface area contributed by atoms with E-state index in [9.17, 15) is 8.42 Å². The van der Waals surface area contributed by atoms with Crippen molar-refractivity contribution in [2.24, 2.45) is 5.92 Å². The van der Waals surface area contributed by atoms with Gasteiger partial charge in [0, 0.05) is 18.3 Å². The van der Waals surface area contributed by atoms with Crippen LogP contribution in [0.2, 0.25) is 0 Å². The molecular weight excluding hydrogens is 284 g/mol. The van der Waals surface area contributed by atoms with Gasteiger partial charge in [0.25, 0.3) is 0 Å². The molecule has 0 heterocycles.